The van der Waals surface area contributed by atoms with Gasteiger partial charge in [0.2, 0.25) is 0 Å². The maximum absolute atomic E-state index is 9.55. The normalized spacial score (nSPS) is 10.9. The third kappa shape index (κ3) is 8.94. The first-order valence-corrected chi connectivity index (χ1v) is 9.91. The molecule has 0 amide bonds. The van der Waals surface area contributed by atoms with Crippen molar-refractivity contribution < 1.29 is 10.2 Å². The second-order valence-electron chi connectivity index (χ2n) is 7.94. The van der Waals surface area contributed by atoms with Crippen molar-refractivity contribution in [2.45, 2.75) is 78.1 Å². The molecule has 2 rings (SSSR count). The predicted molar refractivity (Wildman–Crippen MR) is 112 cm³/mol. The maximum Gasteiger partial charge on any atom is 0.118 e. The van der Waals surface area contributed by atoms with Gasteiger partial charge in [-0.1, -0.05) is 90.1 Å². The third-order valence-corrected chi connectivity index (χ3v) is 4.52. The van der Waals surface area contributed by atoms with Gasteiger partial charge in [0, 0.05) is 0 Å². The van der Waals surface area contributed by atoms with E-state index >= 15 is 0 Å². The van der Waals surface area contributed by atoms with E-state index in [1.54, 1.807) is 18.2 Å². The van der Waals surface area contributed by atoms with E-state index in [0.717, 1.165) is 12.0 Å². The lowest BCUT2D eigenvalue weighted by Gasteiger charge is -2.18. The minimum Gasteiger partial charge on any atom is -0.508 e. The third-order valence-electron chi connectivity index (χ3n) is 4.52. The summed E-state index contributed by atoms with van der Waals surface area (Å²) in [7, 11) is 0. The van der Waals surface area contributed by atoms with Gasteiger partial charge in [0.25, 0.3) is 0 Å². The number of phenols is 2. The summed E-state index contributed by atoms with van der Waals surface area (Å²) in [5.74, 6) is 0.782. The fraction of sp³-hybridized carbons (Fsp3) is 0.500. The zero-order valence-corrected chi connectivity index (χ0v) is 17.0. The quantitative estimate of drug-likeness (QED) is 0.525. The molecule has 0 unspecified atom stereocenters. The molecule has 0 spiro atoms. The molecule has 0 aliphatic rings. The molecule has 26 heavy (non-hydrogen) atoms. The Kier molecular flexibility index (Phi) is 9.87. The van der Waals surface area contributed by atoms with Crippen molar-refractivity contribution in [2.24, 2.45) is 0 Å². The van der Waals surface area contributed by atoms with E-state index in [-0.39, 0.29) is 5.41 Å². The minimum absolute atomic E-state index is 0.174. The van der Waals surface area contributed by atoms with Gasteiger partial charge in [0.1, 0.15) is 11.5 Å². The Morgan fingerprint density at radius 1 is 0.731 bits per heavy atom. The first kappa shape index (κ1) is 22.1. The van der Waals surface area contributed by atoms with E-state index in [2.05, 4.69) is 27.7 Å². The van der Waals surface area contributed by atoms with Crippen LogP contribution in [0.2, 0.25) is 0 Å². The first-order chi connectivity index (χ1) is 12.3. The zero-order chi connectivity index (χ0) is 19.4. The molecule has 2 heteroatoms. The number of phenolic OH excluding ortho intramolecular Hbond substituents is 2. The molecular formula is C24H36O2. The summed E-state index contributed by atoms with van der Waals surface area (Å²) in [5, 5.41) is 18.6. The van der Waals surface area contributed by atoms with Crippen molar-refractivity contribution in [2.75, 3.05) is 0 Å². The van der Waals surface area contributed by atoms with Crippen molar-refractivity contribution in [3.63, 3.8) is 0 Å². The molecule has 0 aromatic heterocycles. The molecule has 0 aliphatic carbocycles. The first-order valence-electron chi connectivity index (χ1n) is 9.91. The van der Waals surface area contributed by atoms with Gasteiger partial charge in [-0.2, -0.15) is 0 Å². The molecule has 0 radical (unpaired) electrons. The molecule has 2 aromatic carbocycles. The van der Waals surface area contributed by atoms with Crippen LogP contribution >= 0.6 is 0 Å². The van der Waals surface area contributed by atoms with Crippen LogP contribution in [0.3, 0.4) is 0 Å². The largest absolute Gasteiger partial charge is 0.508 e. The van der Waals surface area contributed by atoms with Crippen LogP contribution in [0.1, 0.15) is 77.3 Å². The molecule has 0 saturated heterocycles. The van der Waals surface area contributed by atoms with Crippen LogP contribution in [-0.2, 0) is 11.8 Å². The van der Waals surface area contributed by atoms with Crippen LogP contribution in [-0.4, -0.2) is 10.2 Å². The van der Waals surface area contributed by atoms with Gasteiger partial charge in [-0.15, -0.1) is 0 Å². The molecule has 2 nitrogen and oxygen atoms in total. The summed E-state index contributed by atoms with van der Waals surface area (Å²) in [6, 6.07) is 15.0. The van der Waals surface area contributed by atoms with Crippen LogP contribution in [0.4, 0.5) is 0 Å². The topological polar surface area (TPSA) is 40.5 Å². The van der Waals surface area contributed by atoms with E-state index in [0.29, 0.717) is 11.5 Å². The summed E-state index contributed by atoms with van der Waals surface area (Å²) in [6.07, 6.45) is 8.85. The second kappa shape index (κ2) is 11.6. The Labute approximate surface area is 159 Å². The maximum atomic E-state index is 9.55. The van der Waals surface area contributed by atoms with Crippen LogP contribution in [0.5, 0.6) is 11.5 Å². The molecule has 144 valence electrons. The summed E-state index contributed by atoms with van der Waals surface area (Å²) in [4.78, 5) is 0. The van der Waals surface area contributed by atoms with Gasteiger partial charge in [-0.25, -0.2) is 0 Å². The Balaban J connectivity index is 0.000000273. The fourth-order valence-electron chi connectivity index (χ4n) is 2.78. The lowest BCUT2D eigenvalue weighted by atomic mass is 9.87. The van der Waals surface area contributed by atoms with Crippen molar-refractivity contribution in [3.8, 4) is 11.5 Å². The highest BCUT2D eigenvalue weighted by Crippen LogP contribution is 2.23. The van der Waals surface area contributed by atoms with Crippen LogP contribution < -0.4 is 0 Å². The molecule has 2 aromatic rings. The molecule has 2 N–H and O–H groups in total. The van der Waals surface area contributed by atoms with Gasteiger partial charge >= 0.3 is 0 Å². The SMILES string of the molecule is CC(C)(C)c1ccc(O)cc1.CCCCCCCCc1ccccc1O. The van der Waals surface area contributed by atoms with Crippen LogP contribution in [0.25, 0.3) is 0 Å². The Morgan fingerprint density at radius 3 is 1.88 bits per heavy atom. The highest BCUT2D eigenvalue weighted by Gasteiger charge is 2.12. The van der Waals surface area contributed by atoms with Crippen molar-refractivity contribution in [3.05, 3.63) is 59.7 Å². The van der Waals surface area contributed by atoms with Gasteiger partial charge in [-0.05, 0) is 47.6 Å². The van der Waals surface area contributed by atoms with Crippen molar-refractivity contribution in [1.29, 1.82) is 0 Å². The van der Waals surface area contributed by atoms with E-state index in [9.17, 15) is 5.11 Å². The standard InChI is InChI=1S/C14H22O.C10H14O/c1-2-3-4-5-6-7-10-13-11-8-9-12-14(13)15;1-10(2,3)8-4-6-9(11)7-5-8/h8-9,11-12,15H,2-7,10H2,1H3;4-7,11H,1-3H3. The van der Waals surface area contributed by atoms with Gasteiger partial charge in [0.15, 0.2) is 0 Å². The number of aromatic hydroxyl groups is 2. The van der Waals surface area contributed by atoms with E-state index in [1.807, 2.05) is 30.3 Å². The lowest BCUT2D eigenvalue weighted by molar-refractivity contribution is 0.466. The molecule has 0 saturated carbocycles. The highest BCUT2D eigenvalue weighted by atomic mass is 16.3. The van der Waals surface area contributed by atoms with Crippen LogP contribution in [0, 0.1) is 0 Å². The van der Waals surface area contributed by atoms with Crippen molar-refractivity contribution in [1.82, 2.24) is 0 Å². The number of hydrogen-bond acceptors (Lipinski definition) is 2. The second-order valence-corrected chi connectivity index (χ2v) is 7.94. The number of unbranched alkanes of at least 4 members (excludes halogenated alkanes) is 5. The summed E-state index contributed by atoms with van der Waals surface area (Å²) >= 11 is 0. The molecule has 0 fully saturated rings. The molecule has 0 heterocycles. The average molecular weight is 357 g/mol. The van der Waals surface area contributed by atoms with Gasteiger partial charge < -0.3 is 10.2 Å². The number of rotatable bonds is 7. The molecule has 0 bridgehead atoms. The molecule has 0 aliphatic heterocycles. The van der Waals surface area contributed by atoms with Crippen LogP contribution in [0.15, 0.2) is 48.5 Å². The fourth-order valence-corrected chi connectivity index (χ4v) is 2.78. The number of para-hydroxylation sites is 1. The molecule has 0 atom stereocenters. The Hall–Kier alpha value is -1.96. The number of hydrogen-bond donors (Lipinski definition) is 2. The van der Waals surface area contributed by atoms with Gasteiger partial charge in [-0.3, -0.25) is 0 Å². The predicted octanol–water partition coefficient (Wildman–Crippen LogP) is 6.98. The summed E-state index contributed by atoms with van der Waals surface area (Å²) in [6.45, 7) is 8.69. The smallest absolute Gasteiger partial charge is 0.118 e. The average Bonchev–Trinajstić information content (AvgIpc) is 2.60. The van der Waals surface area contributed by atoms with E-state index in [4.69, 9.17) is 5.11 Å². The van der Waals surface area contributed by atoms with Crippen molar-refractivity contribution >= 4 is 0 Å². The van der Waals surface area contributed by atoms with E-state index in [1.165, 1.54) is 44.1 Å². The highest BCUT2D eigenvalue weighted by molar-refractivity contribution is 5.31. The Bertz CT molecular complexity index is 609. The number of aryl methyl sites for hydroxylation is 1. The monoisotopic (exact) mass is 356 g/mol. The van der Waals surface area contributed by atoms with Gasteiger partial charge in [0.05, 0.1) is 0 Å². The number of benzene rings is 2. The lowest BCUT2D eigenvalue weighted by Crippen LogP contribution is -2.10. The summed E-state index contributed by atoms with van der Waals surface area (Å²) < 4.78 is 0. The molecular weight excluding hydrogens is 320 g/mol. The zero-order valence-electron chi connectivity index (χ0n) is 17.0. The summed E-state index contributed by atoms with van der Waals surface area (Å²) in [5.41, 5.74) is 2.51. The van der Waals surface area contributed by atoms with E-state index < -0.39 is 0 Å². The minimum atomic E-state index is 0.174. The Morgan fingerprint density at radius 2 is 1.31 bits per heavy atom.